The molecule has 1 aliphatic heterocycles. The van der Waals surface area contributed by atoms with Gasteiger partial charge in [0, 0.05) is 24.9 Å². The standard InChI is InChI=1S/C15H19NO/c1-15-10-9-14(17)16(2)13(15)8-7-11-5-3-4-6-12(11)15/h3-6,13H,7-10H2,1-2H3/t13-,15+/m1/s1. The third kappa shape index (κ3) is 1.43. The van der Waals surface area contributed by atoms with E-state index >= 15 is 0 Å². The molecule has 2 heteroatoms. The maximum Gasteiger partial charge on any atom is 0.222 e. The molecule has 1 aliphatic carbocycles. The van der Waals surface area contributed by atoms with Crippen LogP contribution in [0.3, 0.4) is 0 Å². The molecule has 0 unspecified atom stereocenters. The number of benzene rings is 1. The van der Waals surface area contributed by atoms with E-state index in [1.54, 1.807) is 0 Å². The lowest BCUT2D eigenvalue weighted by Gasteiger charge is -2.50. The van der Waals surface area contributed by atoms with Crippen LogP contribution in [0.1, 0.15) is 37.3 Å². The van der Waals surface area contributed by atoms with Gasteiger partial charge >= 0.3 is 0 Å². The fraction of sp³-hybridized carbons (Fsp3) is 0.533. The minimum Gasteiger partial charge on any atom is -0.342 e. The zero-order valence-corrected chi connectivity index (χ0v) is 10.6. The van der Waals surface area contributed by atoms with Crippen LogP contribution in [0.2, 0.25) is 0 Å². The minimum atomic E-state index is 0.164. The van der Waals surface area contributed by atoms with E-state index in [1.165, 1.54) is 11.1 Å². The summed E-state index contributed by atoms with van der Waals surface area (Å²) in [6.07, 6.45) is 3.90. The van der Waals surface area contributed by atoms with E-state index in [0.29, 0.717) is 18.4 Å². The Morgan fingerprint density at radius 2 is 2.06 bits per heavy atom. The first-order valence-corrected chi connectivity index (χ1v) is 6.47. The number of piperidine rings is 1. The Balaban J connectivity index is 2.09. The zero-order valence-electron chi connectivity index (χ0n) is 10.6. The molecule has 0 radical (unpaired) electrons. The van der Waals surface area contributed by atoms with Crippen LogP contribution >= 0.6 is 0 Å². The number of aryl methyl sites for hydroxylation is 1. The van der Waals surface area contributed by atoms with Crippen molar-refractivity contribution in [2.24, 2.45) is 0 Å². The molecule has 1 amide bonds. The molecule has 17 heavy (non-hydrogen) atoms. The Hall–Kier alpha value is -1.31. The largest absolute Gasteiger partial charge is 0.342 e. The van der Waals surface area contributed by atoms with Crippen LogP contribution in [-0.4, -0.2) is 23.9 Å². The lowest BCUT2D eigenvalue weighted by molar-refractivity contribution is -0.138. The molecular formula is C15H19NO. The zero-order chi connectivity index (χ0) is 12.0. The number of hydrogen-bond donors (Lipinski definition) is 0. The van der Waals surface area contributed by atoms with Crippen LogP contribution in [0.25, 0.3) is 0 Å². The van der Waals surface area contributed by atoms with Crippen molar-refractivity contribution in [3.63, 3.8) is 0 Å². The summed E-state index contributed by atoms with van der Waals surface area (Å²) in [5.41, 5.74) is 3.11. The summed E-state index contributed by atoms with van der Waals surface area (Å²) in [6, 6.07) is 9.14. The fourth-order valence-electron chi connectivity index (χ4n) is 3.72. The van der Waals surface area contributed by atoms with Gasteiger partial charge in [-0.3, -0.25) is 4.79 Å². The maximum atomic E-state index is 11.8. The van der Waals surface area contributed by atoms with Crippen LogP contribution < -0.4 is 0 Å². The summed E-state index contributed by atoms with van der Waals surface area (Å²) in [5.74, 6) is 0.312. The van der Waals surface area contributed by atoms with Crippen LogP contribution in [0.5, 0.6) is 0 Å². The van der Waals surface area contributed by atoms with E-state index in [-0.39, 0.29) is 5.41 Å². The molecule has 90 valence electrons. The Morgan fingerprint density at radius 3 is 2.88 bits per heavy atom. The molecule has 1 fully saturated rings. The number of rotatable bonds is 0. The smallest absolute Gasteiger partial charge is 0.222 e. The molecule has 0 N–H and O–H groups in total. The van der Waals surface area contributed by atoms with Gasteiger partial charge in [0.25, 0.3) is 0 Å². The van der Waals surface area contributed by atoms with E-state index in [1.807, 2.05) is 11.9 Å². The Labute approximate surface area is 103 Å². The van der Waals surface area contributed by atoms with Crippen molar-refractivity contribution in [2.75, 3.05) is 7.05 Å². The summed E-state index contributed by atoms with van der Waals surface area (Å²) in [5, 5.41) is 0. The number of likely N-dealkylation sites (N-methyl/N-ethyl adjacent to an activating group) is 1. The molecule has 0 aromatic heterocycles. The lowest BCUT2D eigenvalue weighted by atomic mass is 9.63. The lowest BCUT2D eigenvalue weighted by Crippen LogP contribution is -2.56. The van der Waals surface area contributed by atoms with Gasteiger partial charge in [0.2, 0.25) is 5.91 Å². The maximum absolute atomic E-state index is 11.8. The quantitative estimate of drug-likeness (QED) is 0.669. The van der Waals surface area contributed by atoms with Crippen molar-refractivity contribution in [3.8, 4) is 0 Å². The summed E-state index contributed by atoms with van der Waals surface area (Å²) >= 11 is 0. The number of hydrogen-bond acceptors (Lipinski definition) is 1. The SMILES string of the molecule is CN1C(=O)CC[C@@]2(C)c3ccccc3CC[C@@H]12. The van der Waals surface area contributed by atoms with Crippen molar-refractivity contribution in [1.29, 1.82) is 0 Å². The predicted octanol–water partition coefficient (Wildman–Crippen LogP) is 2.51. The van der Waals surface area contributed by atoms with Gasteiger partial charge in [0.1, 0.15) is 0 Å². The first-order valence-electron chi connectivity index (χ1n) is 6.47. The molecule has 1 aromatic carbocycles. The van der Waals surface area contributed by atoms with Crippen molar-refractivity contribution in [2.45, 2.75) is 44.1 Å². The number of carbonyl (C=O) groups is 1. The highest BCUT2D eigenvalue weighted by Crippen LogP contribution is 2.45. The van der Waals surface area contributed by atoms with E-state index in [0.717, 1.165) is 19.3 Å². The van der Waals surface area contributed by atoms with E-state index in [2.05, 4.69) is 31.2 Å². The van der Waals surface area contributed by atoms with Gasteiger partial charge in [-0.1, -0.05) is 31.2 Å². The predicted molar refractivity (Wildman–Crippen MR) is 67.9 cm³/mol. The third-order valence-electron chi connectivity index (χ3n) is 4.77. The second kappa shape index (κ2) is 3.59. The summed E-state index contributed by atoms with van der Waals surface area (Å²) in [4.78, 5) is 13.8. The molecule has 0 spiro atoms. The van der Waals surface area contributed by atoms with Crippen LogP contribution in [-0.2, 0) is 16.6 Å². The Morgan fingerprint density at radius 1 is 1.29 bits per heavy atom. The van der Waals surface area contributed by atoms with Crippen molar-refractivity contribution < 1.29 is 4.79 Å². The number of fused-ring (bicyclic) bond motifs is 3. The fourth-order valence-corrected chi connectivity index (χ4v) is 3.72. The summed E-state index contributed by atoms with van der Waals surface area (Å²) in [7, 11) is 1.97. The van der Waals surface area contributed by atoms with Crippen molar-refractivity contribution in [3.05, 3.63) is 35.4 Å². The average molecular weight is 229 g/mol. The van der Waals surface area contributed by atoms with Crippen LogP contribution in [0.15, 0.2) is 24.3 Å². The molecule has 2 aliphatic rings. The molecule has 1 heterocycles. The highest BCUT2D eigenvalue weighted by Gasteiger charge is 2.46. The Bertz CT molecular complexity index is 468. The molecule has 0 bridgehead atoms. The first kappa shape index (κ1) is 10.8. The van der Waals surface area contributed by atoms with E-state index < -0.39 is 0 Å². The van der Waals surface area contributed by atoms with Gasteiger partial charge in [0.05, 0.1) is 0 Å². The number of likely N-dealkylation sites (tertiary alicyclic amines) is 1. The normalized spacial score (nSPS) is 32.0. The van der Waals surface area contributed by atoms with Gasteiger partial charge in [-0.15, -0.1) is 0 Å². The van der Waals surface area contributed by atoms with Gasteiger partial charge in [0.15, 0.2) is 0 Å². The summed E-state index contributed by atoms with van der Waals surface area (Å²) in [6.45, 7) is 2.33. The van der Waals surface area contributed by atoms with Crippen molar-refractivity contribution >= 4 is 5.91 Å². The van der Waals surface area contributed by atoms with Gasteiger partial charge in [-0.25, -0.2) is 0 Å². The highest BCUT2D eigenvalue weighted by atomic mass is 16.2. The third-order valence-corrected chi connectivity index (χ3v) is 4.77. The number of amides is 1. The molecule has 2 nitrogen and oxygen atoms in total. The van der Waals surface area contributed by atoms with Gasteiger partial charge < -0.3 is 4.90 Å². The molecular weight excluding hydrogens is 210 g/mol. The van der Waals surface area contributed by atoms with Gasteiger partial charge in [-0.05, 0) is 30.4 Å². The first-order chi connectivity index (χ1) is 8.13. The van der Waals surface area contributed by atoms with Crippen LogP contribution in [0, 0.1) is 0 Å². The Kier molecular flexibility index (Phi) is 2.29. The topological polar surface area (TPSA) is 20.3 Å². The molecule has 2 atom stereocenters. The highest BCUT2D eigenvalue weighted by molar-refractivity contribution is 5.78. The van der Waals surface area contributed by atoms with Crippen molar-refractivity contribution in [1.82, 2.24) is 4.90 Å². The van der Waals surface area contributed by atoms with Crippen LogP contribution in [0.4, 0.5) is 0 Å². The minimum absolute atomic E-state index is 0.164. The summed E-state index contributed by atoms with van der Waals surface area (Å²) < 4.78 is 0. The monoisotopic (exact) mass is 229 g/mol. The van der Waals surface area contributed by atoms with E-state index in [9.17, 15) is 4.79 Å². The molecule has 3 rings (SSSR count). The molecule has 0 saturated carbocycles. The number of carbonyl (C=O) groups excluding carboxylic acids is 1. The average Bonchev–Trinajstić information content (AvgIpc) is 2.35. The second-order valence-electron chi connectivity index (χ2n) is 5.63. The van der Waals surface area contributed by atoms with Gasteiger partial charge in [-0.2, -0.15) is 0 Å². The molecule has 1 aromatic rings. The molecule has 1 saturated heterocycles. The number of nitrogens with zero attached hydrogens (tertiary/aromatic N) is 1. The second-order valence-corrected chi connectivity index (χ2v) is 5.63. The van der Waals surface area contributed by atoms with E-state index in [4.69, 9.17) is 0 Å².